The Labute approximate surface area is 141 Å². The lowest BCUT2D eigenvalue weighted by Crippen LogP contribution is -2.36. The summed E-state index contributed by atoms with van der Waals surface area (Å²) in [5.41, 5.74) is 6.34. The lowest BCUT2D eigenvalue weighted by Gasteiger charge is -2.21. The molecule has 124 valence electrons. The second-order valence-electron chi connectivity index (χ2n) is 6.67. The van der Waals surface area contributed by atoms with Gasteiger partial charge >= 0.3 is 0 Å². The zero-order valence-electron chi connectivity index (χ0n) is 13.3. The molecular formula is C18H24N2O2S. The van der Waals surface area contributed by atoms with Gasteiger partial charge in [0.1, 0.15) is 5.41 Å². The van der Waals surface area contributed by atoms with E-state index in [-0.39, 0.29) is 5.91 Å². The van der Waals surface area contributed by atoms with Crippen LogP contribution in [0.1, 0.15) is 50.5 Å². The Morgan fingerprint density at radius 3 is 2.61 bits per heavy atom. The summed E-state index contributed by atoms with van der Waals surface area (Å²) in [6.07, 6.45) is 7.84. The standard InChI is InChI=1S/C18H24N2O2S/c19-16(21)18(9-10-18)17(22)20-14-6-4-5-13(11-14)12-23-15-7-2-1-3-8-15/h4-6,11,15H,1-3,7-10,12H2,(H2,19,21)(H,20,22). The van der Waals surface area contributed by atoms with Crippen molar-refractivity contribution >= 4 is 29.3 Å². The Hall–Kier alpha value is -1.49. The van der Waals surface area contributed by atoms with E-state index in [0.29, 0.717) is 12.8 Å². The van der Waals surface area contributed by atoms with E-state index in [1.807, 2.05) is 30.0 Å². The van der Waals surface area contributed by atoms with E-state index in [9.17, 15) is 9.59 Å². The van der Waals surface area contributed by atoms with Crippen LogP contribution in [-0.4, -0.2) is 17.1 Å². The molecule has 0 unspecified atom stereocenters. The number of primary amides is 1. The zero-order valence-corrected chi connectivity index (χ0v) is 14.2. The predicted octanol–water partition coefficient (Wildman–Crippen LogP) is 3.46. The predicted molar refractivity (Wildman–Crippen MR) is 94.1 cm³/mol. The number of hydrogen-bond donors (Lipinski definition) is 2. The van der Waals surface area contributed by atoms with Crippen LogP contribution in [0.5, 0.6) is 0 Å². The van der Waals surface area contributed by atoms with Crippen LogP contribution in [0.4, 0.5) is 5.69 Å². The van der Waals surface area contributed by atoms with Crippen LogP contribution in [0.3, 0.4) is 0 Å². The molecule has 0 saturated heterocycles. The van der Waals surface area contributed by atoms with Crippen molar-refractivity contribution in [1.29, 1.82) is 0 Å². The molecule has 0 aromatic heterocycles. The number of carbonyl (C=O) groups is 2. The van der Waals surface area contributed by atoms with E-state index in [4.69, 9.17) is 5.73 Å². The first kappa shape index (κ1) is 16.4. The molecule has 5 heteroatoms. The van der Waals surface area contributed by atoms with Crippen molar-refractivity contribution in [3.8, 4) is 0 Å². The van der Waals surface area contributed by atoms with E-state index in [1.54, 1.807) is 0 Å². The van der Waals surface area contributed by atoms with Gasteiger partial charge < -0.3 is 11.1 Å². The summed E-state index contributed by atoms with van der Waals surface area (Å²) >= 11 is 2.01. The molecular weight excluding hydrogens is 308 g/mol. The quantitative estimate of drug-likeness (QED) is 0.784. The van der Waals surface area contributed by atoms with E-state index < -0.39 is 11.3 Å². The highest BCUT2D eigenvalue weighted by Crippen LogP contribution is 2.46. The van der Waals surface area contributed by atoms with Crippen molar-refractivity contribution in [3.63, 3.8) is 0 Å². The maximum absolute atomic E-state index is 12.2. The average molecular weight is 332 g/mol. The van der Waals surface area contributed by atoms with Crippen molar-refractivity contribution in [2.75, 3.05) is 5.32 Å². The monoisotopic (exact) mass is 332 g/mol. The van der Waals surface area contributed by atoms with Gasteiger partial charge in [0.25, 0.3) is 0 Å². The SMILES string of the molecule is NC(=O)C1(C(=O)Nc2cccc(CSC3CCCCC3)c2)CC1. The minimum Gasteiger partial charge on any atom is -0.369 e. The van der Waals surface area contributed by atoms with Crippen molar-refractivity contribution in [1.82, 2.24) is 0 Å². The highest BCUT2D eigenvalue weighted by molar-refractivity contribution is 7.99. The Morgan fingerprint density at radius 1 is 1.22 bits per heavy atom. The van der Waals surface area contributed by atoms with Crippen molar-refractivity contribution in [3.05, 3.63) is 29.8 Å². The fourth-order valence-corrected chi connectivity index (χ4v) is 4.42. The summed E-state index contributed by atoms with van der Waals surface area (Å²) in [5.74, 6) is 0.191. The van der Waals surface area contributed by atoms with Gasteiger partial charge in [0, 0.05) is 16.7 Å². The molecule has 2 amide bonds. The van der Waals surface area contributed by atoms with Gasteiger partial charge in [-0.1, -0.05) is 31.4 Å². The average Bonchev–Trinajstić information content (AvgIpc) is 3.36. The van der Waals surface area contributed by atoms with Gasteiger partial charge in [-0.3, -0.25) is 9.59 Å². The summed E-state index contributed by atoms with van der Waals surface area (Å²) < 4.78 is 0. The molecule has 1 aromatic carbocycles. The van der Waals surface area contributed by atoms with Crippen LogP contribution in [0, 0.1) is 5.41 Å². The van der Waals surface area contributed by atoms with E-state index in [0.717, 1.165) is 16.7 Å². The summed E-state index contributed by atoms with van der Waals surface area (Å²) in [4.78, 5) is 23.7. The molecule has 1 aromatic rings. The fraction of sp³-hybridized carbons (Fsp3) is 0.556. The van der Waals surface area contributed by atoms with Crippen LogP contribution < -0.4 is 11.1 Å². The van der Waals surface area contributed by atoms with E-state index in [1.165, 1.54) is 37.7 Å². The summed E-state index contributed by atoms with van der Waals surface area (Å²) in [6, 6.07) is 7.91. The molecule has 0 atom stereocenters. The first-order chi connectivity index (χ1) is 11.1. The Kier molecular flexibility index (Phi) is 4.95. The number of hydrogen-bond acceptors (Lipinski definition) is 3. The molecule has 0 aliphatic heterocycles. The molecule has 0 heterocycles. The first-order valence-electron chi connectivity index (χ1n) is 8.42. The largest absolute Gasteiger partial charge is 0.369 e. The van der Waals surface area contributed by atoms with Crippen LogP contribution in [0.15, 0.2) is 24.3 Å². The number of anilines is 1. The van der Waals surface area contributed by atoms with E-state index >= 15 is 0 Å². The molecule has 3 N–H and O–H groups in total. The lowest BCUT2D eigenvalue weighted by molar-refractivity contribution is -0.132. The minimum absolute atomic E-state index is 0.262. The molecule has 2 aliphatic rings. The third-order valence-corrected chi connectivity index (χ3v) is 6.32. The third-order valence-electron chi connectivity index (χ3n) is 4.88. The first-order valence-corrected chi connectivity index (χ1v) is 9.47. The molecule has 2 aliphatic carbocycles. The lowest BCUT2D eigenvalue weighted by atomic mass is 10.0. The number of nitrogens with two attached hydrogens (primary N) is 1. The summed E-state index contributed by atoms with van der Waals surface area (Å²) in [6.45, 7) is 0. The highest BCUT2D eigenvalue weighted by Gasteiger charge is 2.55. The zero-order chi connectivity index (χ0) is 16.3. The Morgan fingerprint density at radius 2 is 1.96 bits per heavy atom. The van der Waals surface area contributed by atoms with Crippen LogP contribution in [0.2, 0.25) is 0 Å². The number of amides is 2. The maximum Gasteiger partial charge on any atom is 0.240 e. The van der Waals surface area contributed by atoms with Gasteiger partial charge in [-0.15, -0.1) is 0 Å². The second-order valence-corrected chi connectivity index (χ2v) is 7.96. The summed E-state index contributed by atoms with van der Waals surface area (Å²) in [5, 5.41) is 3.63. The van der Waals surface area contributed by atoms with Gasteiger partial charge in [0.05, 0.1) is 0 Å². The molecule has 0 radical (unpaired) electrons. The number of carbonyl (C=O) groups excluding carboxylic acids is 2. The van der Waals surface area contributed by atoms with Gasteiger partial charge in [-0.05, 0) is 43.4 Å². The number of benzene rings is 1. The number of rotatable bonds is 6. The number of nitrogens with one attached hydrogen (secondary N) is 1. The molecule has 0 bridgehead atoms. The molecule has 3 rings (SSSR count). The van der Waals surface area contributed by atoms with Crippen LogP contribution >= 0.6 is 11.8 Å². The fourth-order valence-electron chi connectivity index (χ4n) is 3.15. The van der Waals surface area contributed by atoms with E-state index in [2.05, 4.69) is 11.4 Å². The third kappa shape index (κ3) is 3.89. The van der Waals surface area contributed by atoms with Crippen LogP contribution in [0.25, 0.3) is 0 Å². The molecule has 23 heavy (non-hydrogen) atoms. The molecule has 4 nitrogen and oxygen atoms in total. The normalized spacial score (nSPS) is 20.0. The molecule has 2 saturated carbocycles. The van der Waals surface area contributed by atoms with Crippen LogP contribution in [-0.2, 0) is 15.3 Å². The van der Waals surface area contributed by atoms with Crippen molar-refractivity contribution < 1.29 is 9.59 Å². The summed E-state index contributed by atoms with van der Waals surface area (Å²) in [7, 11) is 0. The minimum atomic E-state index is -0.965. The molecule has 0 spiro atoms. The Bertz CT molecular complexity index is 592. The van der Waals surface area contributed by atoms with Crippen molar-refractivity contribution in [2.45, 2.75) is 55.9 Å². The Balaban J connectivity index is 1.57. The molecule has 2 fully saturated rings. The maximum atomic E-state index is 12.2. The smallest absolute Gasteiger partial charge is 0.240 e. The topological polar surface area (TPSA) is 72.2 Å². The second kappa shape index (κ2) is 6.95. The van der Waals surface area contributed by atoms with Crippen molar-refractivity contribution in [2.24, 2.45) is 11.1 Å². The van der Waals surface area contributed by atoms with Gasteiger partial charge in [-0.2, -0.15) is 11.8 Å². The van der Waals surface area contributed by atoms with Gasteiger partial charge in [0.2, 0.25) is 11.8 Å². The highest BCUT2D eigenvalue weighted by atomic mass is 32.2. The van der Waals surface area contributed by atoms with Gasteiger partial charge in [-0.25, -0.2) is 0 Å². The number of thioether (sulfide) groups is 1. The van der Waals surface area contributed by atoms with Gasteiger partial charge in [0.15, 0.2) is 0 Å².